The highest BCUT2D eigenvalue weighted by Crippen LogP contribution is 2.44. The molecule has 2 heterocycles. The normalized spacial score (nSPS) is 15.4. The molecule has 0 radical (unpaired) electrons. The number of aromatic amines is 1. The summed E-state index contributed by atoms with van der Waals surface area (Å²) in [4.78, 5) is 15.1. The minimum atomic E-state index is -0.312. The molecule has 4 rings (SSSR count). The van der Waals surface area contributed by atoms with Crippen molar-refractivity contribution in [3.8, 4) is 22.8 Å². The lowest BCUT2D eigenvalue weighted by molar-refractivity contribution is 0.0723. The van der Waals surface area contributed by atoms with E-state index < -0.39 is 0 Å². The van der Waals surface area contributed by atoms with Crippen LogP contribution in [-0.4, -0.2) is 53.0 Å². The maximum absolute atomic E-state index is 13.2. The van der Waals surface area contributed by atoms with Crippen molar-refractivity contribution < 1.29 is 19.4 Å². The van der Waals surface area contributed by atoms with Crippen molar-refractivity contribution >= 4 is 5.91 Å². The molecule has 2 N–H and O–H groups in total. The zero-order chi connectivity index (χ0) is 21.8. The number of amides is 1. The number of carbonyl (C=O) groups excluding carboxylic acids is 1. The molecule has 31 heavy (non-hydrogen) atoms. The van der Waals surface area contributed by atoms with Gasteiger partial charge in [0, 0.05) is 31.4 Å². The highest BCUT2D eigenvalue weighted by molar-refractivity contribution is 6.00. The molecule has 0 spiro atoms. The second-order valence-electron chi connectivity index (χ2n) is 7.54. The van der Waals surface area contributed by atoms with Gasteiger partial charge in [0.1, 0.15) is 22.9 Å². The van der Waals surface area contributed by atoms with Crippen molar-refractivity contribution in [3.05, 3.63) is 65.4 Å². The fourth-order valence-corrected chi connectivity index (χ4v) is 4.00. The van der Waals surface area contributed by atoms with E-state index in [0.717, 1.165) is 29.7 Å². The van der Waals surface area contributed by atoms with Crippen LogP contribution in [0.5, 0.6) is 11.5 Å². The Morgan fingerprint density at radius 2 is 1.90 bits per heavy atom. The molecule has 7 nitrogen and oxygen atoms in total. The van der Waals surface area contributed by atoms with E-state index >= 15 is 0 Å². The maximum atomic E-state index is 13.2. The molecule has 1 atom stereocenters. The number of para-hydroxylation sites is 1. The van der Waals surface area contributed by atoms with E-state index in [1.54, 1.807) is 19.2 Å². The number of nitrogens with one attached hydrogen (secondary N) is 1. The van der Waals surface area contributed by atoms with E-state index in [-0.39, 0.29) is 17.7 Å². The van der Waals surface area contributed by atoms with Crippen LogP contribution in [0.1, 0.15) is 47.4 Å². The smallest absolute Gasteiger partial charge is 0.273 e. The number of aromatic nitrogens is 2. The minimum absolute atomic E-state index is 0.100. The third-order valence-electron chi connectivity index (χ3n) is 5.44. The number of H-pyrrole nitrogens is 1. The summed E-state index contributed by atoms with van der Waals surface area (Å²) in [5.74, 6) is 0.829. The van der Waals surface area contributed by atoms with Gasteiger partial charge in [-0.1, -0.05) is 31.2 Å². The zero-order valence-electron chi connectivity index (χ0n) is 17.8. The Labute approximate surface area is 181 Å². The highest BCUT2D eigenvalue weighted by Gasteiger charge is 2.42. The van der Waals surface area contributed by atoms with Crippen LogP contribution >= 0.6 is 0 Å². The second-order valence-corrected chi connectivity index (χ2v) is 7.54. The van der Waals surface area contributed by atoms with Crippen LogP contribution in [0.3, 0.4) is 0 Å². The quantitative estimate of drug-likeness (QED) is 0.507. The Morgan fingerprint density at radius 1 is 1.13 bits per heavy atom. The number of nitrogens with zero attached hydrogens (tertiary/aromatic N) is 2. The van der Waals surface area contributed by atoms with Gasteiger partial charge in [0.05, 0.1) is 12.6 Å². The molecule has 1 aliphatic rings. The lowest BCUT2D eigenvalue weighted by Crippen LogP contribution is -2.31. The van der Waals surface area contributed by atoms with Crippen molar-refractivity contribution in [1.82, 2.24) is 15.1 Å². The van der Waals surface area contributed by atoms with E-state index in [9.17, 15) is 9.90 Å². The Bertz CT molecular complexity index is 1050. The number of benzene rings is 2. The van der Waals surface area contributed by atoms with Gasteiger partial charge in [0.2, 0.25) is 0 Å². The van der Waals surface area contributed by atoms with E-state index in [1.807, 2.05) is 41.3 Å². The topological polar surface area (TPSA) is 87.7 Å². The summed E-state index contributed by atoms with van der Waals surface area (Å²) in [5, 5.41) is 17.7. The molecule has 0 unspecified atom stereocenters. The predicted molar refractivity (Wildman–Crippen MR) is 117 cm³/mol. The second kappa shape index (κ2) is 9.22. The molecular weight excluding hydrogens is 394 g/mol. The Hall–Kier alpha value is -3.32. The zero-order valence-corrected chi connectivity index (χ0v) is 17.8. The summed E-state index contributed by atoms with van der Waals surface area (Å²) in [6.45, 7) is 3.85. The number of ether oxygens (including phenoxy) is 2. The lowest BCUT2D eigenvalue weighted by Gasteiger charge is -2.26. The van der Waals surface area contributed by atoms with Crippen molar-refractivity contribution in [3.63, 3.8) is 0 Å². The summed E-state index contributed by atoms with van der Waals surface area (Å²) in [7, 11) is 1.65. The summed E-state index contributed by atoms with van der Waals surface area (Å²) in [5.41, 5.74) is 3.40. The maximum Gasteiger partial charge on any atom is 0.273 e. The highest BCUT2D eigenvalue weighted by atomic mass is 16.5. The minimum Gasteiger partial charge on any atom is -0.507 e. The van der Waals surface area contributed by atoms with Crippen molar-refractivity contribution in [2.45, 2.75) is 25.8 Å². The van der Waals surface area contributed by atoms with E-state index in [0.29, 0.717) is 36.7 Å². The number of rotatable bonds is 9. The molecule has 0 bridgehead atoms. The number of carbonyl (C=O) groups is 1. The predicted octanol–water partition coefficient (Wildman–Crippen LogP) is 4.15. The third kappa shape index (κ3) is 4.01. The number of methoxy groups -OCH3 is 1. The molecule has 0 fully saturated rings. The monoisotopic (exact) mass is 421 g/mol. The van der Waals surface area contributed by atoms with Gasteiger partial charge in [-0.25, -0.2) is 0 Å². The third-order valence-corrected chi connectivity index (χ3v) is 5.44. The van der Waals surface area contributed by atoms with E-state index in [1.165, 1.54) is 0 Å². The SMILES string of the molecule is CCCOc1ccc([C@@H]2c3c(-c4ccccc4O)n[nH]c3C(=O)N2CCCOC)cc1. The van der Waals surface area contributed by atoms with Crippen LogP contribution < -0.4 is 4.74 Å². The molecule has 1 aromatic heterocycles. The van der Waals surface area contributed by atoms with Gasteiger partial charge in [-0.2, -0.15) is 5.10 Å². The first-order valence-corrected chi connectivity index (χ1v) is 10.5. The molecule has 0 saturated heterocycles. The number of aromatic hydroxyl groups is 1. The molecule has 1 amide bonds. The largest absolute Gasteiger partial charge is 0.507 e. The molecule has 3 aromatic rings. The first-order chi connectivity index (χ1) is 15.2. The van der Waals surface area contributed by atoms with E-state index in [2.05, 4.69) is 17.1 Å². The Morgan fingerprint density at radius 3 is 2.61 bits per heavy atom. The average molecular weight is 421 g/mol. The lowest BCUT2D eigenvalue weighted by atomic mass is 9.95. The van der Waals surface area contributed by atoms with Crippen molar-refractivity contribution in [1.29, 1.82) is 0 Å². The van der Waals surface area contributed by atoms with Crippen LogP contribution in [0.4, 0.5) is 0 Å². The molecular formula is C24H27N3O4. The van der Waals surface area contributed by atoms with Gasteiger partial charge < -0.3 is 19.5 Å². The average Bonchev–Trinajstić information content (AvgIpc) is 3.32. The van der Waals surface area contributed by atoms with Crippen molar-refractivity contribution in [2.24, 2.45) is 0 Å². The van der Waals surface area contributed by atoms with Gasteiger partial charge in [0.15, 0.2) is 0 Å². The fourth-order valence-electron chi connectivity index (χ4n) is 4.00. The van der Waals surface area contributed by atoms with Crippen LogP contribution in [0.25, 0.3) is 11.3 Å². The van der Waals surface area contributed by atoms with Crippen LogP contribution in [0.15, 0.2) is 48.5 Å². The van der Waals surface area contributed by atoms with E-state index in [4.69, 9.17) is 9.47 Å². The van der Waals surface area contributed by atoms with Crippen LogP contribution in [-0.2, 0) is 4.74 Å². The summed E-state index contributed by atoms with van der Waals surface area (Å²) in [6, 6.07) is 14.6. The molecule has 1 aliphatic heterocycles. The number of fused-ring (bicyclic) bond motifs is 1. The summed E-state index contributed by atoms with van der Waals surface area (Å²) < 4.78 is 10.9. The van der Waals surface area contributed by atoms with Crippen LogP contribution in [0.2, 0.25) is 0 Å². The van der Waals surface area contributed by atoms with Gasteiger partial charge >= 0.3 is 0 Å². The van der Waals surface area contributed by atoms with Gasteiger partial charge in [-0.15, -0.1) is 0 Å². The number of hydrogen-bond donors (Lipinski definition) is 2. The van der Waals surface area contributed by atoms with Gasteiger partial charge in [-0.05, 0) is 42.7 Å². The fraction of sp³-hybridized carbons (Fsp3) is 0.333. The molecule has 0 saturated carbocycles. The Kier molecular flexibility index (Phi) is 6.23. The molecule has 7 heteroatoms. The number of phenols is 1. The molecule has 162 valence electrons. The molecule has 0 aliphatic carbocycles. The number of phenolic OH excluding ortho intramolecular Hbond substituents is 1. The van der Waals surface area contributed by atoms with Gasteiger partial charge in [-0.3, -0.25) is 9.89 Å². The van der Waals surface area contributed by atoms with Gasteiger partial charge in [0.25, 0.3) is 5.91 Å². The summed E-state index contributed by atoms with van der Waals surface area (Å²) >= 11 is 0. The van der Waals surface area contributed by atoms with Crippen molar-refractivity contribution in [2.75, 3.05) is 26.9 Å². The summed E-state index contributed by atoms with van der Waals surface area (Å²) in [6.07, 6.45) is 1.66. The number of hydrogen-bond acceptors (Lipinski definition) is 5. The standard InChI is InChI=1S/C24H27N3O4/c1-3-14-31-17-11-9-16(10-12-17)23-20-21(18-7-4-5-8-19(18)28)25-26-22(20)24(29)27(23)13-6-15-30-2/h4-5,7-12,23,28H,3,6,13-15H2,1-2H3,(H,25,26)/t23-/m1/s1. The molecule has 2 aromatic carbocycles. The Balaban J connectivity index is 1.76. The van der Waals surface area contributed by atoms with Crippen LogP contribution in [0, 0.1) is 0 Å². The first-order valence-electron chi connectivity index (χ1n) is 10.5. The first kappa shape index (κ1) is 20.9.